The Hall–Kier alpha value is -0.120. The lowest BCUT2D eigenvalue weighted by Crippen LogP contribution is -2.47. The lowest BCUT2D eigenvalue weighted by atomic mass is 9.73. The van der Waals surface area contributed by atoms with Gasteiger partial charge in [0.15, 0.2) is 0 Å². The summed E-state index contributed by atoms with van der Waals surface area (Å²) in [5.41, 5.74) is 0.506. The van der Waals surface area contributed by atoms with E-state index in [1.54, 1.807) is 0 Å². The molecule has 1 aliphatic heterocycles. The number of hydrogen-bond donors (Lipinski definition) is 1. The van der Waals surface area contributed by atoms with Gasteiger partial charge in [-0.05, 0) is 44.8 Å². The van der Waals surface area contributed by atoms with Crippen LogP contribution in [-0.2, 0) is 0 Å². The van der Waals surface area contributed by atoms with E-state index in [4.69, 9.17) is 0 Å². The monoisotopic (exact) mass is 267 g/mol. The van der Waals surface area contributed by atoms with Gasteiger partial charge >= 0.3 is 0 Å². The first-order valence-corrected chi connectivity index (χ1v) is 8.22. The van der Waals surface area contributed by atoms with Crippen LogP contribution in [0, 0.1) is 5.41 Å². The fourth-order valence-corrected chi connectivity index (χ4v) is 3.52. The normalized spacial score (nSPS) is 29.5. The fraction of sp³-hybridized carbons (Fsp3) is 1.00. The third kappa shape index (κ3) is 4.73. The first-order chi connectivity index (χ1) is 9.08. The molecule has 0 aromatic carbocycles. The van der Waals surface area contributed by atoms with Crippen LogP contribution in [0.3, 0.4) is 0 Å². The van der Waals surface area contributed by atoms with Crippen LogP contribution in [0.25, 0.3) is 0 Å². The molecule has 0 aromatic rings. The average Bonchev–Trinajstić information content (AvgIpc) is 2.38. The summed E-state index contributed by atoms with van der Waals surface area (Å²) in [5.74, 6) is 0. The first-order valence-electron chi connectivity index (χ1n) is 8.22. The van der Waals surface area contributed by atoms with Gasteiger partial charge in [0.05, 0.1) is 0 Å². The summed E-state index contributed by atoms with van der Waals surface area (Å²) in [6.45, 7) is 12.3. The van der Waals surface area contributed by atoms with E-state index in [-0.39, 0.29) is 0 Å². The van der Waals surface area contributed by atoms with Gasteiger partial charge in [0.1, 0.15) is 0 Å². The zero-order chi connectivity index (χ0) is 13.7. The van der Waals surface area contributed by atoms with Crippen LogP contribution < -0.4 is 5.32 Å². The summed E-state index contributed by atoms with van der Waals surface area (Å²) in [7, 11) is 2.23. The van der Waals surface area contributed by atoms with Gasteiger partial charge in [0.25, 0.3) is 0 Å². The van der Waals surface area contributed by atoms with E-state index >= 15 is 0 Å². The first kappa shape index (κ1) is 15.3. The Balaban J connectivity index is 1.58. The van der Waals surface area contributed by atoms with Crippen LogP contribution in [0.5, 0.6) is 0 Å². The molecule has 2 fully saturated rings. The second-order valence-corrected chi connectivity index (χ2v) is 7.24. The molecular weight excluding hydrogens is 234 g/mol. The van der Waals surface area contributed by atoms with Gasteiger partial charge in [-0.25, -0.2) is 0 Å². The molecule has 1 saturated heterocycles. The standard InChI is InChI=1S/C16H33N3/c1-16(2)8-5-4-7-15(16)17-9-6-10-19-13-11-18(3)12-14-19/h15,17H,4-14H2,1-3H3. The quantitative estimate of drug-likeness (QED) is 0.770. The second-order valence-electron chi connectivity index (χ2n) is 7.24. The minimum Gasteiger partial charge on any atom is -0.313 e. The van der Waals surface area contributed by atoms with E-state index in [0.29, 0.717) is 5.41 Å². The van der Waals surface area contributed by atoms with Crippen molar-refractivity contribution in [3.63, 3.8) is 0 Å². The summed E-state index contributed by atoms with van der Waals surface area (Å²) in [6, 6.07) is 0.744. The minimum absolute atomic E-state index is 0.506. The van der Waals surface area contributed by atoms with Crippen molar-refractivity contribution in [1.82, 2.24) is 15.1 Å². The van der Waals surface area contributed by atoms with Gasteiger partial charge in [0, 0.05) is 32.2 Å². The van der Waals surface area contributed by atoms with Crippen molar-refractivity contribution in [2.45, 2.75) is 52.0 Å². The van der Waals surface area contributed by atoms with Crippen LogP contribution >= 0.6 is 0 Å². The number of likely N-dealkylation sites (N-methyl/N-ethyl adjacent to an activating group) is 1. The molecule has 3 heteroatoms. The Morgan fingerprint density at radius 1 is 1.11 bits per heavy atom. The summed E-state index contributed by atoms with van der Waals surface area (Å²) in [4.78, 5) is 5.05. The maximum atomic E-state index is 3.82. The van der Waals surface area contributed by atoms with Gasteiger partial charge in [-0.2, -0.15) is 0 Å². The Morgan fingerprint density at radius 2 is 1.84 bits per heavy atom. The molecule has 0 bridgehead atoms. The van der Waals surface area contributed by atoms with Gasteiger partial charge in [-0.15, -0.1) is 0 Å². The summed E-state index contributed by atoms with van der Waals surface area (Å²) < 4.78 is 0. The van der Waals surface area contributed by atoms with Gasteiger partial charge in [-0.3, -0.25) is 0 Å². The Kier molecular flexibility index (Phi) is 5.67. The molecule has 2 rings (SSSR count). The van der Waals surface area contributed by atoms with Crippen LogP contribution in [0.4, 0.5) is 0 Å². The highest BCUT2D eigenvalue weighted by molar-refractivity contribution is 4.87. The molecule has 3 nitrogen and oxygen atoms in total. The molecule has 2 aliphatic rings. The fourth-order valence-electron chi connectivity index (χ4n) is 3.52. The molecule has 0 spiro atoms. The number of nitrogens with one attached hydrogen (secondary N) is 1. The van der Waals surface area contributed by atoms with Crippen molar-refractivity contribution in [3.05, 3.63) is 0 Å². The Morgan fingerprint density at radius 3 is 2.53 bits per heavy atom. The van der Waals surface area contributed by atoms with Crippen LogP contribution in [0.2, 0.25) is 0 Å². The van der Waals surface area contributed by atoms with Gasteiger partial charge < -0.3 is 15.1 Å². The number of hydrogen-bond acceptors (Lipinski definition) is 3. The SMILES string of the molecule is CN1CCN(CCCNC2CCCCC2(C)C)CC1. The molecule has 1 heterocycles. The average molecular weight is 267 g/mol. The van der Waals surface area contributed by atoms with E-state index in [1.165, 1.54) is 71.4 Å². The van der Waals surface area contributed by atoms with Crippen molar-refractivity contribution >= 4 is 0 Å². The number of rotatable bonds is 5. The molecule has 19 heavy (non-hydrogen) atoms. The van der Waals surface area contributed by atoms with Crippen molar-refractivity contribution in [1.29, 1.82) is 0 Å². The zero-order valence-corrected chi connectivity index (χ0v) is 13.2. The Labute approximate surface area is 119 Å². The molecular formula is C16H33N3. The van der Waals surface area contributed by atoms with Crippen molar-refractivity contribution in [2.75, 3.05) is 46.3 Å². The van der Waals surface area contributed by atoms with Crippen LogP contribution in [0.1, 0.15) is 46.0 Å². The van der Waals surface area contributed by atoms with Crippen LogP contribution in [-0.4, -0.2) is 62.2 Å². The van der Waals surface area contributed by atoms with Crippen LogP contribution in [0.15, 0.2) is 0 Å². The highest BCUT2D eigenvalue weighted by atomic mass is 15.2. The highest BCUT2D eigenvalue weighted by Gasteiger charge is 2.31. The molecule has 1 saturated carbocycles. The smallest absolute Gasteiger partial charge is 0.0118 e. The van der Waals surface area contributed by atoms with Gasteiger partial charge in [0.2, 0.25) is 0 Å². The molecule has 0 aromatic heterocycles. The lowest BCUT2D eigenvalue weighted by molar-refractivity contribution is 0.145. The lowest BCUT2D eigenvalue weighted by Gasteiger charge is -2.39. The van der Waals surface area contributed by atoms with E-state index in [9.17, 15) is 0 Å². The molecule has 1 unspecified atom stereocenters. The number of nitrogens with zero attached hydrogens (tertiary/aromatic N) is 2. The minimum atomic E-state index is 0.506. The third-order valence-corrected chi connectivity index (χ3v) is 5.14. The summed E-state index contributed by atoms with van der Waals surface area (Å²) in [5, 5.41) is 3.82. The summed E-state index contributed by atoms with van der Waals surface area (Å²) >= 11 is 0. The predicted molar refractivity (Wildman–Crippen MR) is 82.6 cm³/mol. The predicted octanol–water partition coefficient (Wildman–Crippen LogP) is 2.18. The third-order valence-electron chi connectivity index (χ3n) is 5.14. The molecule has 112 valence electrons. The maximum absolute atomic E-state index is 3.82. The molecule has 1 atom stereocenters. The Bertz CT molecular complexity index is 257. The van der Waals surface area contributed by atoms with E-state index in [2.05, 4.69) is 36.0 Å². The number of piperazine rings is 1. The molecule has 1 aliphatic carbocycles. The zero-order valence-electron chi connectivity index (χ0n) is 13.2. The van der Waals surface area contributed by atoms with E-state index in [0.717, 1.165) is 6.04 Å². The topological polar surface area (TPSA) is 18.5 Å². The largest absolute Gasteiger partial charge is 0.313 e. The van der Waals surface area contributed by atoms with E-state index in [1.807, 2.05) is 0 Å². The molecule has 0 amide bonds. The maximum Gasteiger partial charge on any atom is 0.0118 e. The molecule has 1 N–H and O–H groups in total. The van der Waals surface area contributed by atoms with E-state index < -0.39 is 0 Å². The van der Waals surface area contributed by atoms with Gasteiger partial charge in [-0.1, -0.05) is 26.7 Å². The van der Waals surface area contributed by atoms with Crippen molar-refractivity contribution < 1.29 is 0 Å². The summed E-state index contributed by atoms with van der Waals surface area (Å²) in [6.07, 6.45) is 6.91. The molecule has 0 radical (unpaired) electrons. The van der Waals surface area contributed by atoms with Crippen molar-refractivity contribution in [2.24, 2.45) is 5.41 Å². The second kappa shape index (κ2) is 7.05. The highest BCUT2D eigenvalue weighted by Crippen LogP contribution is 2.35. The van der Waals surface area contributed by atoms with Crippen molar-refractivity contribution in [3.8, 4) is 0 Å².